The van der Waals surface area contributed by atoms with Gasteiger partial charge in [-0.1, -0.05) is 76.5 Å². The van der Waals surface area contributed by atoms with Gasteiger partial charge in [-0.15, -0.1) is 0 Å². The molecule has 1 aliphatic heterocycles. The van der Waals surface area contributed by atoms with Crippen LogP contribution >= 0.6 is 69.3 Å². The zero-order valence-corrected chi connectivity index (χ0v) is 14.9. The Labute approximate surface area is 144 Å². The molecule has 0 aromatic heterocycles. The number of imide groups is 1. The van der Waals surface area contributed by atoms with Gasteiger partial charge >= 0.3 is 0 Å². The Morgan fingerprint density at radius 1 is 1.16 bits per heavy atom. The summed E-state index contributed by atoms with van der Waals surface area (Å²) in [5.74, 6) is -0.922. The van der Waals surface area contributed by atoms with Crippen molar-refractivity contribution in [3.63, 3.8) is 0 Å². The van der Waals surface area contributed by atoms with Gasteiger partial charge in [0.1, 0.15) is 0 Å². The molecule has 1 aliphatic rings. The molecule has 0 saturated carbocycles. The van der Waals surface area contributed by atoms with Crippen molar-refractivity contribution in [1.29, 1.82) is 0 Å². The van der Waals surface area contributed by atoms with Gasteiger partial charge < -0.3 is 0 Å². The lowest BCUT2D eigenvalue weighted by Gasteiger charge is -2.17. The lowest BCUT2D eigenvalue weighted by Crippen LogP contribution is -2.25. The minimum atomic E-state index is -1.74. The molecule has 0 radical (unpaired) electrons. The van der Waals surface area contributed by atoms with Crippen LogP contribution < -0.4 is 0 Å². The van der Waals surface area contributed by atoms with Crippen molar-refractivity contribution in [2.24, 2.45) is 0 Å². The molecule has 8 heteroatoms. The van der Waals surface area contributed by atoms with Crippen molar-refractivity contribution >= 4 is 81.2 Å². The minimum absolute atomic E-state index is 0.328. The van der Waals surface area contributed by atoms with Gasteiger partial charge in [-0.3, -0.25) is 9.59 Å². The van der Waals surface area contributed by atoms with Crippen LogP contribution in [0.25, 0.3) is 0 Å². The number of hydrogen-bond donors (Lipinski definition) is 0. The highest BCUT2D eigenvalue weighted by Crippen LogP contribution is 2.43. The highest BCUT2D eigenvalue weighted by atomic mass is 127. The highest BCUT2D eigenvalue weighted by Gasteiger charge is 2.40. The lowest BCUT2D eigenvalue weighted by atomic mass is 10.1. The Bertz CT molecular complexity index is 458. The summed E-state index contributed by atoms with van der Waals surface area (Å²) in [6, 6.07) is 6.48. The monoisotopic (exact) mass is 451 g/mol. The van der Waals surface area contributed by atoms with Gasteiger partial charge in [0.15, 0.2) is 0 Å². The van der Waals surface area contributed by atoms with Crippen LogP contribution in [0.3, 0.4) is 0 Å². The first-order valence-electron chi connectivity index (χ1n) is 5.11. The van der Waals surface area contributed by atoms with E-state index in [1.165, 1.54) is 4.43 Å². The molecule has 0 bridgehead atoms. The molecule has 0 spiro atoms. The number of hydrogen-bond acceptors (Lipinski definition) is 3. The molecule has 104 valence electrons. The smallest absolute Gasteiger partial charge is 0.268 e. The Morgan fingerprint density at radius 2 is 1.53 bits per heavy atom. The van der Waals surface area contributed by atoms with E-state index in [9.17, 15) is 9.59 Å². The van der Waals surface area contributed by atoms with Crippen LogP contribution in [0.15, 0.2) is 24.3 Å². The summed E-state index contributed by atoms with van der Waals surface area (Å²) in [7, 11) is 0. The van der Waals surface area contributed by atoms with Crippen LogP contribution in [-0.2, 0) is 0 Å². The summed E-state index contributed by atoms with van der Waals surface area (Å²) in [4.78, 5) is 23.6. The van der Waals surface area contributed by atoms with Crippen LogP contribution in [-0.4, -0.2) is 23.7 Å². The van der Waals surface area contributed by atoms with Crippen molar-refractivity contribution in [3.05, 3.63) is 35.4 Å². The fourth-order valence-electron chi connectivity index (χ4n) is 1.35. The van der Waals surface area contributed by atoms with E-state index in [-0.39, 0.29) is 0 Å². The third-order valence-electron chi connectivity index (χ3n) is 1.95. The Hall–Kier alpha value is 0.310. The van der Waals surface area contributed by atoms with Crippen LogP contribution in [0.2, 0.25) is 0 Å². The number of benzene rings is 1. The molecule has 0 fully saturated rings. The molecule has 0 aliphatic carbocycles. The maximum absolute atomic E-state index is 11.8. The molecule has 1 heterocycles. The number of rotatable bonds is 1. The van der Waals surface area contributed by atoms with Gasteiger partial charge in [-0.2, -0.15) is 0 Å². The molecule has 0 unspecified atom stereocenters. The number of alkyl halides is 4. The van der Waals surface area contributed by atoms with Gasteiger partial charge in [0, 0.05) is 11.9 Å². The van der Waals surface area contributed by atoms with E-state index in [0.717, 1.165) is 4.31 Å². The average molecular weight is 453 g/mol. The average Bonchev–Trinajstić information content (AvgIpc) is 2.55. The first-order chi connectivity index (χ1) is 8.81. The van der Waals surface area contributed by atoms with Crippen molar-refractivity contribution < 1.29 is 9.59 Å². The van der Waals surface area contributed by atoms with E-state index in [4.69, 9.17) is 34.8 Å². The number of fused-ring (bicyclic) bond motifs is 1. The van der Waals surface area contributed by atoms with E-state index < -0.39 is 14.9 Å². The third kappa shape index (κ3) is 4.67. The molecule has 0 saturated heterocycles. The fraction of sp³-hybridized carbons (Fsp3) is 0.273. The first-order valence-corrected chi connectivity index (χ1v) is 8.54. The number of nitrogens with zero attached hydrogens (tertiary/aromatic N) is 1. The predicted molar refractivity (Wildman–Crippen MR) is 89.4 cm³/mol. The number of halogens is 4. The van der Waals surface area contributed by atoms with E-state index >= 15 is 0 Å². The first kappa shape index (κ1) is 17.4. The molecule has 2 rings (SSSR count). The van der Waals surface area contributed by atoms with Crippen molar-refractivity contribution in [2.75, 3.05) is 4.43 Å². The van der Waals surface area contributed by atoms with Gasteiger partial charge in [0.05, 0.1) is 11.1 Å². The van der Waals surface area contributed by atoms with Crippen molar-refractivity contribution in [2.45, 2.75) is 10.0 Å². The van der Waals surface area contributed by atoms with Gasteiger partial charge in [0.2, 0.25) is 0 Å². The second-order valence-corrected chi connectivity index (χ2v) is 8.89. The number of carbonyl (C=O) groups excluding carboxylic acids is 2. The number of amides is 2. The van der Waals surface area contributed by atoms with Crippen LogP contribution in [0.1, 0.15) is 27.6 Å². The number of carbonyl (C=O) groups is 2. The summed E-state index contributed by atoms with van der Waals surface area (Å²) >= 11 is 19.5. The molecule has 19 heavy (non-hydrogen) atoms. The zero-order valence-electron chi connectivity index (χ0n) is 9.70. The predicted octanol–water partition coefficient (Wildman–Crippen LogP) is 4.70. The van der Waals surface area contributed by atoms with Crippen LogP contribution in [0.4, 0.5) is 0 Å². The molecule has 3 nitrogen and oxygen atoms in total. The SMILES string of the molecule is CCI.O=C1c2ccccc2C(=O)N1SC(Cl)(Cl)Cl. The van der Waals surface area contributed by atoms with Gasteiger partial charge in [0.25, 0.3) is 14.9 Å². The second kappa shape index (κ2) is 7.36. The second-order valence-electron chi connectivity index (χ2n) is 3.25. The molecule has 0 N–H and O–H groups in total. The Balaban J connectivity index is 0.000000550. The van der Waals surface area contributed by atoms with E-state index in [0.29, 0.717) is 23.1 Å². The van der Waals surface area contributed by atoms with E-state index in [2.05, 4.69) is 29.5 Å². The van der Waals surface area contributed by atoms with Crippen LogP contribution in [0.5, 0.6) is 0 Å². The maximum atomic E-state index is 11.8. The molecule has 0 atom stereocenters. The highest BCUT2D eigenvalue weighted by molar-refractivity contribution is 14.1. The standard InChI is InChI=1S/C9H4Cl3NO2S.C2H5I/c10-9(11,12)16-13-7(14)5-3-1-2-4-6(5)8(13)15;1-2-3/h1-4H;2H2,1H3. The maximum Gasteiger partial charge on any atom is 0.271 e. The largest absolute Gasteiger partial charge is 0.271 e. The normalized spacial score (nSPS) is 14.1. The van der Waals surface area contributed by atoms with Crippen molar-refractivity contribution in [1.82, 2.24) is 4.31 Å². The minimum Gasteiger partial charge on any atom is -0.268 e. The fourth-order valence-corrected chi connectivity index (χ4v) is 2.54. The summed E-state index contributed by atoms with van der Waals surface area (Å²) in [5.41, 5.74) is 0.656. The molecular formula is C11H9Cl3INO2S. The Morgan fingerprint density at radius 3 is 1.84 bits per heavy atom. The van der Waals surface area contributed by atoms with Crippen molar-refractivity contribution in [3.8, 4) is 0 Å². The van der Waals surface area contributed by atoms with E-state index in [1.807, 2.05) is 0 Å². The van der Waals surface area contributed by atoms with Crippen LogP contribution in [0, 0.1) is 0 Å². The summed E-state index contributed by atoms with van der Waals surface area (Å²) in [6.45, 7) is 2.11. The molecule has 1 aromatic carbocycles. The van der Waals surface area contributed by atoms with Gasteiger partial charge in [-0.05, 0) is 16.6 Å². The van der Waals surface area contributed by atoms with E-state index in [1.54, 1.807) is 24.3 Å². The topological polar surface area (TPSA) is 37.4 Å². The Kier molecular flexibility index (Phi) is 6.72. The summed E-state index contributed by atoms with van der Waals surface area (Å²) in [6.07, 6.45) is 0. The summed E-state index contributed by atoms with van der Waals surface area (Å²) in [5, 5.41) is 0. The summed E-state index contributed by atoms with van der Waals surface area (Å²) < 4.78 is 0.336. The zero-order chi connectivity index (χ0) is 14.6. The lowest BCUT2D eigenvalue weighted by molar-refractivity contribution is 0.0777. The van der Waals surface area contributed by atoms with Gasteiger partial charge in [-0.25, -0.2) is 4.31 Å². The third-order valence-corrected chi connectivity index (χ3v) is 3.29. The molecular weight excluding hydrogens is 443 g/mol. The molecule has 2 amide bonds. The quantitative estimate of drug-likeness (QED) is 0.268. The molecule has 1 aromatic rings.